The minimum Gasteiger partial charge on any atom is -0.378 e. The van der Waals surface area contributed by atoms with Crippen LogP contribution in [0.5, 0.6) is 0 Å². The first kappa shape index (κ1) is 18.1. The van der Waals surface area contributed by atoms with Gasteiger partial charge in [-0.2, -0.15) is 0 Å². The van der Waals surface area contributed by atoms with Crippen molar-refractivity contribution in [3.05, 3.63) is 29.6 Å². The van der Waals surface area contributed by atoms with E-state index in [1.165, 1.54) is 12.8 Å². The van der Waals surface area contributed by atoms with Gasteiger partial charge in [0.15, 0.2) is 5.82 Å². The van der Waals surface area contributed by atoms with E-state index in [1.807, 2.05) is 19.1 Å². The van der Waals surface area contributed by atoms with Crippen LogP contribution in [0.4, 0.5) is 5.69 Å². The van der Waals surface area contributed by atoms with Gasteiger partial charge in [-0.05, 0) is 31.4 Å². The summed E-state index contributed by atoms with van der Waals surface area (Å²) >= 11 is 0. The summed E-state index contributed by atoms with van der Waals surface area (Å²) in [6.45, 7) is 5.05. The molecular formula is C20H27N5O2. The highest BCUT2D eigenvalue weighted by atomic mass is 16.5. The molecule has 1 aromatic heterocycles. The van der Waals surface area contributed by atoms with Crippen LogP contribution >= 0.6 is 0 Å². The number of nitrogens with zero attached hydrogens (tertiary/aromatic N) is 3. The van der Waals surface area contributed by atoms with Gasteiger partial charge in [0.1, 0.15) is 5.82 Å². The van der Waals surface area contributed by atoms with E-state index in [0.29, 0.717) is 19.6 Å². The molecule has 2 N–H and O–H groups in total. The quantitative estimate of drug-likeness (QED) is 0.864. The van der Waals surface area contributed by atoms with Crippen molar-refractivity contribution in [3.8, 4) is 11.4 Å². The van der Waals surface area contributed by atoms with Crippen molar-refractivity contribution >= 4 is 11.6 Å². The number of hydrogen-bond donors (Lipinski definition) is 2. The molecule has 0 aliphatic carbocycles. The van der Waals surface area contributed by atoms with E-state index in [4.69, 9.17) is 4.74 Å². The summed E-state index contributed by atoms with van der Waals surface area (Å²) in [5, 5.41) is 15.2. The third-order valence-electron chi connectivity index (χ3n) is 5.31. The molecular weight excluding hydrogens is 342 g/mol. The number of anilines is 1. The van der Waals surface area contributed by atoms with Gasteiger partial charge in [0, 0.05) is 43.2 Å². The van der Waals surface area contributed by atoms with Crippen LogP contribution in [-0.4, -0.2) is 46.5 Å². The predicted molar refractivity (Wildman–Crippen MR) is 104 cm³/mol. The lowest BCUT2D eigenvalue weighted by Crippen LogP contribution is -2.43. The van der Waals surface area contributed by atoms with E-state index >= 15 is 0 Å². The number of rotatable bonds is 4. The fraction of sp³-hybridized carbons (Fsp3) is 0.550. The third kappa shape index (κ3) is 4.20. The zero-order valence-corrected chi connectivity index (χ0v) is 15.8. The zero-order valence-electron chi connectivity index (χ0n) is 15.8. The fourth-order valence-electron chi connectivity index (χ4n) is 3.77. The van der Waals surface area contributed by atoms with Crippen LogP contribution in [0.1, 0.15) is 37.1 Å². The van der Waals surface area contributed by atoms with Gasteiger partial charge in [-0.3, -0.25) is 4.79 Å². The van der Waals surface area contributed by atoms with Crippen molar-refractivity contribution < 1.29 is 9.53 Å². The summed E-state index contributed by atoms with van der Waals surface area (Å²) in [6.07, 6.45) is 4.95. The Morgan fingerprint density at radius 3 is 3.11 bits per heavy atom. The molecule has 0 radical (unpaired) electrons. The maximum Gasteiger partial charge on any atom is 0.226 e. The molecule has 1 fully saturated rings. The lowest BCUT2D eigenvalue weighted by atomic mass is 10.1. The highest BCUT2D eigenvalue weighted by Crippen LogP contribution is 2.27. The summed E-state index contributed by atoms with van der Waals surface area (Å²) in [5.74, 6) is 1.96. The third-order valence-corrected chi connectivity index (χ3v) is 5.31. The number of fused-ring (bicyclic) bond motifs is 1. The first-order valence-electron chi connectivity index (χ1n) is 9.85. The molecule has 1 atom stereocenters. The zero-order chi connectivity index (χ0) is 18.6. The average Bonchev–Trinajstić information content (AvgIpc) is 2.92. The van der Waals surface area contributed by atoms with Gasteiger partial charge in [-0.25, -0.2) is 0 Å². The number of morpholine rings is 1. The van der Waals surface area contributed by atoms with Gasteiger partial charge in [0.25, 0.3) is 0 Å². The van der Waals surface area contributed by atoms with Gasteiger partial charge >= 0.3 is 0 Å². The molecule has 1 saturated heterocycles. The molecule has 1 amide bonds. The number of aryl methyl sites for hydroxylation is 2. The number of nitrogens with one attached hydrogen (secondary N) is 2. The topological polar surface area (TPSA) is 81.1 Å². The highest BCUT2D eigenvalue weighted by Gasteiger charge is 2.19. The molecule has 3 heterocycles. The van der Waals surface area contributed by atoms with Crippen molar-refractivity contribution in [1.82, 2.24) is 20.1 Å². The summed E-state index contributed by atoms with van der Waals surface area (Å²) < 4.78 is 7.66. The SMILES string of the molecule is Cc1ccc(-c2nnc3n2CCCCC3)cc1NC(=O)CC1COCCN1. The second-order valence-corrected chi connectivity index (χ2v) is 7.41. The standard InChI is InChI=1S/C20H27N5O2/c1-14-6-7-15(20-24-23-18-5-3-2-4-9-25(18)20)11-17(14)22-19(26)12-16-13-27-10-8-21-16/h6-7,11,16,21H,2-5,8-10,12-13H2,1H3,(H,22,26). The van der Waals surface area contributed by atoms with E-state index in [0.717, 1.165) is 54.4 Å². The van der Waals surface area contributed by atoms with Crippen LogP contribution in [0.25, 0.3) is 11.4 Å². The number of benzene rings is 1. The van der Waals surface area contributed by atoms with Crippen molar-refractivity contribution in [2.45, 2.75) is 51.6 Å². The number of carbonyl (C=O) groups is 1. The van der Waals surface area contributed by atoms with E-state index in [-0.39, 0.29) is 11.9 Å². The Balaban J connectivity index is 1.51. The molecule has 144 valence electrons. The summed E-state index contributed by atoms with van der Waals surface area (Å²) in [5.41, 5.74) is 2.87. The Bertz CT molecular complexity index is 811. The van der Waals surface area contributed by atoms with Gasteiger partial charge in [0.2, 0.25) is 5.91 Å². The Hall–Kier alpha value is -2.25. The van der Waals surface area contributed by atoms with Crippen LogP contribution in [0, 0.1) is 6.92 Å². The Labute approximate surface area is 159 Å². The van der Waals surface area contributed by atoms with Crippen LogP contribution in [-0.2, 0) is 22.5 Å². The molecule has 2 aliphatic rings. The number of ether oxygens (including phenoxy) is 1. The number of aromatic nitrogens is 3. The highest BCUT2D eigenvalue weighted by molar-refractivity contribution is 5.92. The molecule has 0 bridgehead atoms. The molecule has 1 unspecified atom stereocenters. The van der Waals surface area contributed by atoms with Crippen molar-refractivity contribution in [3.63, 3.8) is 0 Å². The van der Waals surface area contributed by atoms with E-state index in [2.05, 4.69) is 31.5 Å². The van der Waals surface area contributed by atoms with Gasteiger partial charge in [0.05, 0.1) is 13.2 Å². The predicted octanol–water partition coefficient (Wildman–Crippen LogP) is 2.30. The summed E-state index contributed by atoms with van der Waals surface area (Å²) in [6, 6.07) is 6.18. The van der Waals surface area contributed by atoms with Gasteiger partial charge in [-0.15, -0.1) is 10.2 Å². The van der Waals surface area contributed by atoms with E-state index in [1.54, 1.807) is 0 Å². The maximum atomic E-state index is 12.5. The monoisotopic (exact) mass is 369 g/mol. The summed E-state index contributed by atoms with van der Waals surface area (Å²) in [7, 11) is 0. The minimum absolute atomic E-state index is 0.00155. The van der Waals surface area contributed by atoms with Gasteiger partial charge in [-0.1, -0.05) is 18.6 Å². The largest absolute Gasteiger partial charge is 0.378 e. The molecule has 0 spiro atoms. The van der Waals surface area contributed by atoms with Crippen molar-refractivity contribution in [1.29, 1.82) is 0 Å². The average molecular weight is 369 g/mol. The molecule has 7 heteroatoms. The second kappa shape index (κ2) is 8.19. The molecule has 2 aliphatic heterocycles. The first-order valence-corrected chi connectivity index (χ1v) is 9.85. The van der Waals surface area contributed by atoms with Crippen molar-refractivity contribution in [2.75, 3.05) is 25.1 Å². The fourth-order valence-corrected chi connectivity index (χ4v) is 3.77. The molecule has 0 saturated carbocycles. The second-order valence-electron chi connectivity index (χ2n) is 7.41. The molecule has 7 nitrogen and oxygen atoms in total. The number of carbonyl (C=O) groups excluding carboxylic acids is 1. The molecule has 4 rings (SSSR count). The Kier molecular flexibility index (Phi) is 5.50. The van der Waals surface area contributed by atoms with Crippen LogP contribution in [0.15, 0.2) is 18.2 Å². The molecule has 2 aromatic rings. The summed E-state index contributed by atoms with van der Waals surface area (Å²) in [4.78, 5) is 12.5. The van der Waals surface area contributed by atoms with Crippen molar-refractivity contribution in [2.24, 2.45) is 0 Å². The van der Waals surface area contributed by atoms with E-state index in [9.17, 15) is 4.79 Å². The van der Waals surface area contributed by atoms with Crippen LogP contribution in [0.3, 0.4) is 0 Å². The van der Waals surface area contributed by atoms with Crippen LogP contribution < -0.4 is 10.6 Å². The smallest absolute Gasteiger partial charge is 0.226 e. The minimum atomic E-state index is -0.00155. The Morgan fingerprint density at radius 2 is 2.26 bits per heavy atom. The normalized spacial score (nSPS) is 20.0. The Morgan fingerprint density at radius 1 is 1.33 bits per heavy atom. The van der Waals surface area contributed by atoms with Gasteiger partial charge < -0.3 is 19.9 Å². The van der Waals surface area contributed by atoms with E-state index < -0.39 is 0 Å². The first-order chi connectivity index (χ1) is 13.2. The number of amides is 1. The molecule has 27 heavy (non-hydrogen) atoms. The van der Waals surface area contributed by atoms with Crippen LogP contribution in [0.2, 0.25) is 0 Å². The molecule has 1 aromatic carbocycles. The number of hydrogen-bond acceptors (Lipinski definition) is 5. The lowest BCUT2D eigenvalue weighted by molar-refractivity contribution is -0.117. The maximum absolute atomic E-state index is 12.5. The lowest BCUT2D eigenvalue weighted by Gasteiger charge is -2.23.